The van der Waals surface area contributed by atoms with Gasteiger partial charge in [-0.15, -0.1) is 0 Å². The molecule has 0 aliphatic carbocycles. The number of ether oxygens (including phenoxy) is 1. The molecule has 0 bridgehead atoms. The maximum absolute atomic E-state index is 13.8. The standard InChI is InChI=1S/C16H18BrFN2O/c1-3-9-19-15(11-6-4-7-12(18)14(11)17)16-13(21-2)8-5-10-20-16/h4-8,10,15,19H,3,9H2,1-2H3. The lowest BCUT2D eigenvalue weighted by molar-refractivity contribution is 0.399. The van der Waals surface area contributed by atoms with E-state index in [1.165, 1.54) is 6.07 Å². The smallest absolute Gasteiger partial charge is 0.142 e. The molecule has 1 N–H and O–H groups in total. The Kier molecular flexibility index (Phi) is 5.70. The highest BCUT2D eigenvalue weighted by Gasteiger charge is 2.22. The van der Waals surface area contributed by atoms with E-state index >= 15 is 0 Å². The number of hydrogen-bond acceptors (Lipinski definition) is 3. The van der Waals surface area contributed by atoms with Gasteiger partial charge in [0.05, 0.1) is 17.6 Å². The largest absolute Gasteiger partial charge is 0.495 e. The molecule has 21 heavy (non-hydrogen) atoms. The second-order valence-electron chi connectivity index (χ2n) is 4.62. The van der Waals surface area contributed by atoms with Crippen molar-refractivity contribution >= 4 is 15.9 Å². The van der Waals surface area contributed by atoms with Gasteiger partial charge in [0.25, 0.3) is 0 Å². The molecule has 1 atom stereocenters. The first-order valence-electron chi connectivity index (χ1n) is 6.85. The van der Waals surface area contributed by atoms with E-state index in [2.05, 4.69) is 33.2 Å². The van der Waals surface area contributed by atoms with Gasteiger partial charge in [0.15, 0.2) is 0 Å². The molecule has 0 saturated carbocycles. The first kappa shape index (κ1) is 15.9. The van der Waals surface area contributed by atoms with Crippen LogP contribution in [-0.2, 0) is 0 Å². The van der Waals surface area contributed by atoms with Gasteiger partial charge in [-0.2, -0.15) is 0 Å². The van der Waals surface area contributed by atoms with E-state index in [-0.39, 0.29) is 11.9 Å². The molecule has 1 aromatic carbocycles. The molecule has 1 heterocycles. The Labute approximate surface area is 132 Å². The van der Waals surface area contributed by atoms with E-state index < -0.39 is 0 Å². The number of rotatable bonds is 6. The molecule has 0 spiro atoms. The molecule has 2 rings (SSSR count). The third-order valence-corrected chi connectivity index (χ3v) is 4.02. The number of nitrogens with zero attached hydrogens (tertiary/aromatic N) is 1. The van der Waals surface area contributed by atoms with Crippen LogP contribution in [0.25, 0.3) is 0 Å². The average Bonchev–Trinajstić information content (AvgIpc) is 2.52. The van der Waals surface area contributed by atoms with Crippen LogP contribution in [0.2, 0.25) is 0 Å². The van der Waals surface area contributed by atoms with E-state index in [0.29, 0.717) is 10.2 Å². The summed E-state index contributed by atoms with van der Waals surface area (Å²) < 4.78 is 19.7. The summed E-state index contributed by atoms with van der Waals surface area (Å²) in [6.07, 6.45) is 2.68. The lowest BCUT2D eigenvalue weighted by Gasteiger charge is -2.21. The van der Waals surface area contributed by atoms with Crippen molar-refractivity contribution in [1.29, 1.82) is 0 Å². The highest BCUT2D eigenvalue weighted by Crippen LogP contribution is 2.33. The molecule has 0 saturated heterocycles. The molecule has 2 aromatic rings. The van der Waals surface area contributed by atoms with Gasteiger partial charge in [0, 0.05) is 6.20 Å². The van der Waals surface area contributed by atoms with Crippen LogP contribution in [0.15, 0.2) is 41.0 Å². The summed E-state index contributed by atoms with van der Waals surface area (Å²) in [5.74, 6) is 0.396. The van der Waals surface area contributed by atoms with Gasteiger partial charge in [-0.05, 0) is 52.7 Å². The first-order chi connectivity index (χ1) is 10.2. The van der Waals surface area contributed by atoms with Crippen molar-refractivity contribution in [3.63, 3.8) is 0 Å². The summed E-state index contributed by atoms with van der Waals surface area (Å²) >= 11 is 3.33. The van der Waals surface area contributed by atoms with Gasteiger partial charge >= 0.3 is 0 Å². The molecular formula is C16H18BrFN2O. The molecule has 0 radical (unpaired) electrons. The number of nitrogens with one attached hydrogen (secondary N) is 1. The van der Waals surface area contributed by atoms with Crippen LogP contribution in [0.4, 0.5) is 4.39 Å². The van der Waals surface area contributed by atoms with Crippen molar-refractivity contribution in [3.8, 4) is 5.75 Å². The molecule has 112 valence electrons. The topological polar surface area (TPSA) is 34.2 Å². The number of hydrogen-bond donors (Lipinski definition) is 1. The fraction of sp³-hybridized carbons (Fsp3) is 0.312. The monoisotopic (exact) mass is 352 g/mol. The Hall–Kier alpha value is -1.46. The summed E-state index contributed by atoms with van der Waals surface area (Å²) in [6, 6.07) is 8.46. The molecule has 3 nitrogen and oxygen atoms in total. The fourth-order valence-electron chi connectivity index (χ4n) is 2.18. The van der Waals surface area contributed by atoms with Crippen molar-refractivity contribution < 1.29 is 9.13 Å². The molecule has 0 aliphatic rings. The summed E-state index contributed by atoms with van der Waals surface area (Å²) in [4.78, 5) is 4.42. The summed E-state index contributed by atoms with van der Waals surface area (Å²) in [6.45, 7) is 2.88. The van der Waals surface area contributed by atoms with Gasteiger partial charge in [-0.25, -0.2) is 4.39 Å². The SMILES string of the molecule is CCCNC(c1cccc(F)c1Br)c1ncccc1OC. The quantitative estimate of drug-likeness (QED) is 0.850. The lowest BCUT2D eigenvalue weighted by Crippen LogP contribution is -2.25. The molecule has 5 heteroatoms. The summed E-state index contributed by atoms with van der Waals surface area (Å²) in [5.41, 5.74) is 1.56. The summed E-state index contributed by atoms with van der Waals surface area (Å²) in [5, 5.41) is 3.41. The predicted molar refractivity (Wildman–Crippen MR) is 85.0 cm³/mol. The second kappa shape index (κ2) is 7.52. The number of aromatic nitrogens is 1. The predicted octanol–water partition coefficient (Wildman–Crippen LogP) is 4.08. The van der Waals surface area contributed by atoms with Crippen LogP contribution in [0.5, 0.6) is 5.75 Å². The van der Waals surface area contributed by atoms with Crippen molar-refractivity contribution in [2.45, 2.75) is 19.4 Å². The minimum atomic E-state index is -0.286. The molecule has 1 unspecified atom stereocenters. The van der Waals surface area contributed by atoms with Crippen LogP contribution >= 0.6 is 15.9 Å². The Morgan fingerprint density at radius 2 is 2.14 bits per heavy atom. The second-order valence-corrected chi connectivity index (χ2v) is 5.41. The zero-order valence-corrected chi connectivity index (χ0v) is 13.7. The third-order valence-electron chi connectivity index (χ3n) is 3.18. The van der Waals surface area contributed by atoms with Gasteiger partial charge in [0.2, 0.25) is 0 Å². The van der Waals surface area contributed by atoms with Gasteiger partial charge < -0.3 is 10.1 Å². The van der Waals surface area contributed by atoms with Gasteiger partial charge in [-0.3, -0.25) is 4.98 Å². The van der Waals surface area contributed by atoms with Gasteiger partial charge in [0.1, 0.15) is 17.3 Å². The van der Waals surface area contributed by atoms with Crippen LogP contribution < -0.4 is 10.1 Å². The summed E-state index contributed by atoms with van der Waals surface area (Å²) in [7, 11) is 1.61. The maximum atomic E-state index is 13.8. The van der Waals surface area contributed by atoms with Gasteiger partial charge in [-0.1, -0.05) is 19.1 Å². The van der Waals surface area contributed by atoms with Crippen molar-refractivity contribution in [2.75, 3.05) is 13.7 Å². The first-order valence-corrected chi connectivity index (χ1v) is 7.64. The highest BCUT2D eigenvalue weighted by molar-refractivity contribution is 9.10. The number of halogens is 2. The Morgan fingerprint density at radius 3 is 2.86 bits per heavy atom. The molecule has 0 fully saturated rings. The van der Waals surface area contributed by atoms with E-state index in [4.69, 9.17) is 4.74 Å². The maximum Gasteiger partial charge on any atom is 0.142 e. The van der Waals surface area contributed by atoms with Crippen molar-refractivity contribution in [3.05, 3.63) is 58.1 Å². The zero-order chi connectivity index (χ0) is 15.2. The normalized spacial score (nSPS) is 12.2. The number of methoxy groups -OCH3 is 1. The van der Waals surface area contributed by atoms with Crippen LogP contribution in [0, 0.1) is 5.82 Å². The van der Waals surface area contributed by atoms with Crippen LogP contribution in [0.3, 0.4) is 0 Å². The zero-order valence-electron chi connectivity index (χ0n) is 12.1. The minimum Gasteiger partial charge on any atom is -0.495 e. The Balaban J connectivity index is 2.50. The Bertz CT molecular complexity index is 607. The lowest BCUT2D eigenvalue weighted by atomic mass is 10.0. The Morgan fingerprint density at radius 1 is 1.33 bits per heavy atom. The molecular weight excluding hydrogens is 335 g/mol. The van der Waals surface area contributed by atoms with E-state index in [0.717, 1.165) is 24.2 Å². The van der Waals surface area contributed by atoms with Crippen molar-refractivity contribution in [1.82, 2.24) is 10.3 Å². The average molecular weight is 353 g/mol. The van der Waals surface area contributed by atoms with E-state index in [1.807, 2.05) is 18.2 Å². The fourth-order valence-corrected chi connectivity index (χ4v) is 2.67. The van der Waals surface area contributed by atoms with Crippen LogP contribution in [-0.4, -0.2) is 18.6 Å². The van der Waals surface area contributed by atoms with Crippen LogP contribution in [0.1, 0.15) is 30.6 Å². The minimum absolute atomic E-state index is 0.230. The van der Waals surface area contributed by atoms with E-state index in [9.17, 15) is 4.39 Å². The molecule has 0 amide bonds. The number of pyridine rings is 1. The molecule has 1 aromatic heterocycles. The molecule has 0 aliphatic heterocycles. The number of benzene rings is 1. The van der Waals surface area contributed by atoms with Crippen molar-refractivity contribution in [2.24, 2.45) is 0 Å². The van der Waals surface area contributed by atoms with E-state index in [1.54, 1.807) is 19.4 Å². The third kappa shape index (κ3) is 3.60. The highest BCUT2D eigenvalue weighted by atomic mass is 79.9.